The molecule has 0 spiro atoms. The van der Waals surface area contributed by atoms with E-state index in [2.05, 4.69) is 15.5 Å². The van der Waals surface area contributed by atoms with E-state index in [0.717, 1.165) is 12.8 Å². The van der Waals surface area contributed by atoms with Gasteiger partial charge < -0.3 is 10.5 Å². The fourth-order valence-electron chi connectivity index (χ4n) is 2.26. The first-order valence-electron chi connectivity index (χ1n) is 6.05. The zero-order valence-corrected chi connectivity index (χ0v) is 10.5. The first-order chi connectivity index (χ1) is 9.19. The Morgan fingerprint density at radius 2 is 2.21 bits per heavy atom. The zero-order chi connectivity index (χ0) is 13.4. The van der Waals surface area contributed by atoms with Crippen molar-refractivity contribution in [2.24, 2.45) is 0 Å². The highest BCUT2D eigenvalue weighted by Crippen LogP contribution is 2.36. The van der Waals surface area contributed by atoms with Crippen molar-refractivity contribution in [2.75, 3.05) is 12.8 Å². The number of aromatic nitrogens is 4. The van der Waals surface area contributed by atoms with Crippen LogP contribution in [-0.2, 0) is 4.74 Å². The van der Waals surface area contributed by atoms with E-state index in [1.165, 1.54) is 6.07 Å². The van der Waals surface area contributed by atoms with Crippen molar-refractivity contribution in [3.8, 4) is 11.4 Å². The van der Waals surface area contributed by atoms with Crippen LogP contribution in [0.25, 0.3) is 11.4 Å². The van der Waals surface area contributed by atoms with E-state index in [-0.39, 0.29) is 12.1 Å². The molecule has 1 saturated carbocycles. The summed E-state index contributed by atoms with van der Waals surface area (Å²) in [4.78, 5) is 0. The molecule has 6 nitrogen and oxygen atoms in total. The monoisotopic (exact) mass is 263 g/mol. The van der Waals surface area contributed by atoms with E-state index in [1.807, 2.05) is 0 Å². The highest BCUT2D eigenvalue weighted by Gasteiger charge is 2.33. The Kier molecular flexibility index (Phi) is 2.90. The number of hydrogen-bond acceptors (Lipinski definition) is 5. The van der Waals surface area contributed by atoms with E-state index in [1.54, 1.807) is 23.9 Å². The van der Waals surface area contributed by atoms with E-state index < -0.39 is 5.82 Å². The van der Waals surface area contributed by atoms with Crippen molar-refractivity contribution in [1.82, 2.24) is 20.2 Å². The number of ether oxygens (including phenoxy) is 1. The maximum atomic E-state index is 13.9. The van der Waals surface area contributed by atoms with Gasteiger partial charge in [0.05, 0.1) is 17.7 Å². The van der Waals surface area contributed by atoms with Crippen LogP contribution in [0.5, 0.6) is 0 Å². The van der Waals surface area contributed by atoms with E-state index >= 15 is 0 Å². The van der Waals surface area contributed by atoms with Crippen molar-refractivity contribution in [2.45, 2.75) is 25.0 Å². The second-order valence-electron chi connectivity index (χ2n) is 4.67. The standard InChI is InChI=1S/C12H14FN5O/c1-19-9-5-8(6-9)18-12(15-16-17-18)10-3-2-7(14)4-11(10)13/h2-4,8-9H,5-6,14H2,1H3. The van der Waals surface area contributed by atoms with Gasteiger partial charge in [0.1, 0.15) is 5.82 Å². The van der Waals surface area contributed by atoms with Gasteiger partial charge in [-0.25, -0.2) is 9.07 Å². The van der Waals surface area contributed by atoms with Gasteiger partial charge in [-0.15, -0.1) is 5.10 Å². The van der Waals surface area contributed by atoms with Crippen LogP contribution in [0.4, 0.5) is 10.1 Å². The second-order valence-corrected chi connectivity index (χ2v) is 4.67. The van der Waals surface area contributed by atoms with Gasteiger partial charge in [0, 0.05) is 12.8 Å². The summed E-state index contributed by atoms with van der Waals surface area (Å²) in [6.45, 7) is 0. The van der Waals surface area contributed by atoms with Crippen LogP contribution in [0.2, 0.25) is 0 Å². The molecule has 1 aliphatic rings. The lowest BCUT2D eigenvalue weighted by atomic mass is 9.89. The van der Waals surface area contributed by atoms with Gasteiger partial charge in [-0.2, -0.15) is 0 Å². The Bertz CT molecular complexity index is 594. The number of tetrazole rings is 1. The molecule has 3 rings (SSSR count). The molecular weight excluding hydrogens is 249 g/mol. The summed E-state index contributed by atoms with van der Waals surface area (Å²) in [5.41, 5.74) is 6.28. The Hall–Kier alpha value is -2.02. The van der Waals surface area contributed by atoms with Crippen LogP contribution in [0.1, 0.15) is 18.9 Å². The summed E-state index contributed by atoms with van der Waals surface area (Å²) in [5.74, 6) is 0.00992. The molecule has 0 saturated heterocycles. The smallest absolute Gasteiger partial charge is 0.185 e. The number of nitrogens with zero attached hydrogens (tertiary/aromatic N) is 4. The molecule has 2 N–H and O–H groups in total. The molecule has 1 heterocycles. The highest BCUT2D eigenvalue weighted by molar-refractivity contribution is 5.59. The van der Waals surface area contributed by atoms with E-state index in [0.29, 0.717) is 17.1 Å². The number of rotatable bonds is 3. The topological polar surface area (TPSA) is 78.8 Å². The predicted octanol–water partition coefficient (Wildman–Crippen LogP) is 1.41. The summed E-state index contributed by atoms with van der Waals surface area (Å²) in [7, 11) is 1.68. The third-order valence-electron chi connectivity index (χ3n) is 3.48. The predicted molar refractivity (Wildman–Crippen MR) is 66.7 cm³/mol. The van der Waals surface area contributed by atoms with Gasteiger partial charge in [-0.1, -0.05) is 0 Å². The molecule has 1 aromatic heterocycles. The largest absolute Gasteiger partial charge is 0.399 e. The Morgan fingerprint density at radius 1 is 1.42 bits per heavy atom. The first-order valence-corrected chi connectivity index (χ1v) is 6.05. The minimum atomic E-state index is -0.418. The molecule has 1 aliphatic carbocycles. The highest BCUT2D eigenvalue weighted by atomic mass is 19.1. The van der Waals surface area contributed by atoms with E-state index in [9.17, 15) is 4.39 Å². The number of anilines is 1. The van der Waals surface area contributed by atoms with Crippen LogP contribution in [0.15, 0.2) is 18.2 Å². The molecule has 0 amide bonds. The van der Waals surface area contributed by atoms with Gasteiger partial charge in [-0.3, -0.25) is 0 Å². The third-order valence-corrected chi connectivity index (χ3v) is 3.48. The molecule has 0 aliphatic heterocycles. The SMILES string of the molecule is COC1CC(n2nnnc2-c2ccc(N)cc2F)C1. The minimum absolute atomic E-state index is 0.159. The molecule has 0 unspecified atom stereocenters. The van der Waals surface area contributed by atoms with Gasteiger partial charge in [0.15, 0.2) is 5.82 Å². The van der Waals surface area contributed by atoms with Gasteiger partial charge in [0.2, 0.25) is 0 Å². The second kappa shape index (κ2) is 4.58. The number of benzene rings is 1. The summed E-state index contributed by atoms with van der Waals surface area (Å²) < 4.78 is 20.8. The average molecular weight is 263 g/mol. The molecule has 7 heteroatoms. The van der Waals surface area contributed by atoms with Crippen LogP contribution in [0.3, 0.4) is 0 Å². The Labute approximate surface area is 109 Å². The summed E-state index contributed by atoms with van der Waals surface area (Å²) in [6, 6.07) is 4.66. The quantitative estimate of drug-likeness (QED) is 0.847. The lowest BCUT2D eigenvalue weighted by molar-refractivity contribution is 0.00247. The zero-order valence-electron chi connectivity index (χ0n) is 10.5. The van der Waals surface area contributed by atoms with Crippen molar-refractivity contribution < 1.29 is 9.13 Å². The summed E-state index contributed by atoms with van der Waals surface area (Å²) in [6.07, 6.45) is 1.91. The third kappa shape index (κ3) is 2.06. The summed E-state index contributed by atoms with van der Waals surface area (Å²) >= 11 is 0. The van der Waals surface area contributed by atoms with Crippen molar-refractivity contribution in [3.05, 3.63) is 24.0 Å². The lowest BCUT2D eigenvalue weighted by Crippen LogP contribution is -2.33. The number of hydrogen-bond donors (Lipinski definition) is 1. The number of nitrogens with two attached hydrogens (primary N) is 1. The number of methoxy groups -OCH3 is 1. The van der Waals surface area contributed by atoms with Crippen LogP contribution in [0, 0.1) is 5.82 Å². The average Bonchev–Trinajstić information content (AvgIpc) is 2.76. The molecule has 19 heavy (non-hydrogen) atoms. The van der Waals surface area contributed by atoms with Crippen LogP contribution >= 0.6 is 0 Å². The number of halogens is 1. The Morgan fingerprint density at radius 3 is 2.89 bits per heavy atom. The number of nitrogen functional groups attached to an aromatic ring is 1. The van der Waals surface area contributed by atoms with Gasteiger partial charge >= 0.3 is 0 Å². The summed E-state index contributed by atoms with van der Waals surface area (Å²) in [5, 5.41) is 11.5. The first kappa shape index (κ1) is 12.0. The lowest BCUT2D eigenvalue weighted by Gasteiger charge is -2.34. The molecule has 2 aromatic rings. The van der Waals surface area contributed by atoms with Crippen LogP contribution in [-0.4, -0.2) is 33.4 Å². The molecule has 0 atom stereocenters. The van der Waals surface area contributed by atoms with Crippen molar-refractivity contribution in [1.29, 1.82) is 0 Å². The molecular formula is C12H14FN5O. The van der Waals surface area contributed by atoms with E-state index in [4.69, 9.17) is 10.5 Å². The molecule has 1 fully saturated rings. The van der Waals surface area contributed by atoms with Crippen LogP contribution < -0.4 is 5.73 Å². The fraction of sp³-hybridized carbons (Fsp3) is 0.417. The molecule has 0 radical (unpaired) electrons. The Balaban J connectivity index is 1.92. The van der Waals surface area contributed by atoms with Gasteiger partial charge in [0.25, 0.3) is 0 Å². The normalized spacial score (nSPS) is 22.2. The molecule has 0 bridgehead atoms. The molecule has 100 valence electrons. The van der Waals surface area contributed by atoms with Crippen molar-refractivity contribution in [3.63, 3.8) is 0 Å². The molecule has 1 aromatic carbocycles. The van der Waals surface area contributed by atoms with Gasteiger partial charge in [-0.05, 0) is 41.5 Å². The maximum absolute atomic E-state index is 13.9. The van der Waals surface area contributed by atoms with Crippen molar-refractivity contribution >= 4 is 5.69 Å². The minimum Gasteiger partial charge on any atom is -0.399 e. The maximum Gasteiger partial charge on any atom is 0.185 e. The fourth-order valence-corrected chi connectivity index (χ4v) is 2.26.